The van der Waals surface area contributed by atoms with Gasteiger partial charge < -0.3 is 14.2 Å². The molecule has 7 heteroatoms. The Morgan fingerprint density at radius 3 is 2.96 bits per heavy atom. The number of H-pyrrole nitrogens is 1. The highest BCUT2D eigenvalue weighted by Crippen LogP contribution is 2.45. The van der Waals surface area contributed by atoms with E-state index in [0.717, 1.165) is 52.9 Å². The first-order valence-electron chi connectivity index (χ1n) is 8.12. The number of aromatic amines is 1. The van der Waals surface area contributed by atoms with Crippen LogP contribution in [0.5, 0.6) is 5.75 Å². The number of rotatable bonds is 1. The van der Waals surface area contributed by atoms with Gasteiger partial charge in [0.25, 0.3) is 0 Å². The number of aryl methyl sites for hydroxylation is 1. The summed E-state index contributed by atoms with van der Waals surface area (Å²) in [6.45, 7) is 1.33. The molecule has 1 aromatic heterocycles. The van der Waals surface area contributed by atoms with E-state index < -0.39 is 5.79 Å². The van der Waals surface area contributed by atoms with Gasteiger partial charge in [0.2, 0.25) is 0 Å². The number of halogens is 2. The number of ether oxygens (including phenoxy) is 3. The molecule has 1 aromatic carbocycles. The van der Waals surface area contributed by atoms with Crippen molar-refractivity contribution in [3.63, 3.8) is 0 Å². The minimum atomic E-state index is -0.471. The lowest BCUT2D eigenvalue weighted by atomic mass is 9.89. The third kappa shape index (κ3) is 2.31. The Hall–Kier alpha value is -1.08. The van der Waals surface area contributed by atoms with Crippen LogP contribution in [-0.4, -0.2) is 29.2 Å². The monoisotopic (exact) mass is 410 g/mol. The zero-order valence-corrected chi connectivity index (χ0v) is 15.2. The minimum Gasteiger partial charge on any atom is -0.482 e. The maximum Gasteiger partial charge on any atom is 0.173 e. The molecule has 1 aliphatic carbocycles. The third-order valence-corrected chi connectivity index (χ3v) is 5.87. The molecule has 1 saturated heterocycles. The Bertz CT molecular complexity index is 816. The van der Waals surface area contributed by atoms with Gasteiger partial charge in [-0.3, -0.25) is 5.10 Å². The Balaban J connectivity index is 1.48. The van der Waals surface area contributed by atoms with E-state index in [9.17, 15) is 0 Å². The molecule has 5 rings (SSSR count). The largest absolute Gasteiger partial charge is 0.482 e. The second-order valence-corrected chi connectivity index (χ2v) is 7.82. The molecular formula is C17H16BrClN2O3. The van der Waals surface area contributed by atoms with Crippen LogP contribution in [0.4, 0.5) is 0 Å². The Kier molecular flexibility index (Phi) is 3.46. The average molecular weight is 412 g/mol. The van der Waals surface area contributed by atoms with E-state index in [-0.39, 0.29) is 6.10 Å². The highest BCUT2D eigenvalue weighted by molar-refractivity contribution is 9.10. The van der Waals surface area contributed by atoms with Crippen molar-refractivity contribution in [3.8, 4) is 5.75 Å². The molecule has 0 bridgehead atoms. The van der Waals surface area contributed by atoms with Crippen molar-refractivity contribution in [1.82, 2.24) is 10.2 Å². The van der Waals surface area contributed by atoms with E-state index in [1.54, 1.807) is 0 Å². The highest BCUT2D eigenvalue weighted by atomic mass is 79.9. The fraction of sp³-hybridized carbons (Fsp3) is 0.471. The molecule has 1 fully saturated rings. The van der Waals surface area contributed by atoms with Gasteiger partial charge in [-0.15, -0.1) is 0 Å². The summed E-state index contributed by atoms with van der Waals surface area (Å²) in [4.78, 5) is 0. The first-order valence-corrected chi connectivity index (χ1v) is 9.29. The summed E-state index contributed by atoms with van der Waals surface area (Å²) < 4.78 is 18.9. The number of nitrogens with zero attached hydrogens (tertiary/aromatic N) is 1. The van der Waals surface area contributed by atoms with E-state index in [1.807, 2.05) is 12.1 Å². The molecule has 1 spiro atoms. The van der Waals surface area contributed by atoms with Crippen LogP contribution >= 0.6 is 27.5 Å². The molecule has 1 atom stereocenters. The fourth-order valence-electron chi connectivity index (χ4n) is 3.94. The van der Waals surface area contributed by atoms with Gasteiger partial charge in [-0.2, -0.15) is 5.10 Å². The number of fused-ring (bicyclic) bond motifs is 2. The van der Waals surface area contributed by atoms with Crippen LogP contribution in [0.3, 0.4) is 0 Å². The summed E-state index contributed by atoms with van der Waals surface area (Å²) in [5, 5.41) is 8.42. The molecule has 126 valence electrons. The van der Waals surface area contributed by atoms with E-state index in [2.05, 4.69) is 26.1 Å². The Morgan fingerprint density at radius 2 is 2.12 bits per heavy atom. The molecule has 0 amide bonds. The zero-order chi connectivity index (χ0) is 16.3. The molecule has 24 heavy (non-hydrogen) atoms. The van der Waals surface area contributed by atoms with Crippen molar-refractivity contribution >= 4 is 27.5 Å². The Morgan fingerprint density at radius 1 is 1.29 bits per heavy atom. The first-order chi connectivity index (χ1) is 11.6. The van der Waals surface area contributed by atoms with Crippen molar-refractivity contribution in [2.45, 2.75) is 37.6 Å². The summed E-state index contributed by atoms with van der Waals surface area (Å²) >= 11 is 9.70. The number of aromatic nitrogens is 2. The number of hydrogen-bond donors (Lipinski definition) is 1. The van der Waals surface area contributed by atoms with Gasteiger partial charge in [-0.05, 0) is 34.5 Å². The van der Waals surface area contributed by atoms with Crippen molar-refractivity contribution in [3.05, 3.63) is 44.1 Å². The standard InChI is InChI=1S/C17H16BrClN2O3/c18-12-7-10(19)5-9-6-14(24-16(9)12)15-11-8-17(22-3-4-23-17)2-1-13(11)20-21-15/h5,7,14H,1-4,6,8H2,(H,20,21)/t14-/m0/s1. The molecular weight excluding hydrogens is 396 g/mol. The summed E-state index contributed by atoms with van der Waals surface area (Å²) in [6, 6.07) is 3.83. The van der Waals surface area contributed by atoms with Crippen LogP contribution in [0.15, 0.2) is 16.6 Å². The van der Waals surface area contributed by atoms with Crippen molar-refractivity contribution in [1.29, 1.82) is 0 Å². The molecule has 0 saturated carbocycles. The SMILES string of the molecule is Clc1cc(Br)c2c(c1)C[C@@H](c1[nH]nc3c1CC1(CC3)OCCO1)O2. The molecule has 5 nitrogen and oxygen atoms in total. The minimum absolute atomic E-state index is 0.0810. The summed E-state index contributed by atoms with van der Waals surface area (Å²) in [5.41, 5.74) is 4.43. The predicted molar refractivity (Wildman–Crippen MR) is 91.5 cm³/mol. The zero-order valence-electron chi connectivity index (χ0n) is 12.9. The lowest BCUT2D eigenvalue weighted by Gasteiger charge is -2.31. The molecule has 0 radical (unpaired) electrons. The highest BCUT2D eigenvalue weighted by Gasteiger charge is 2.43. The maximum absolute atomic E-state index is 6.20. The fourth-order valence-corrected chi connectivity index (χ4v) is 4.91. The number of benzene rings is 1. The Labute approximate surface area is 152 Å². The second-order valence-electron chi connectivity index (χ2n) is 6.53. The van der Waals surface area contributed by atoms with E-state index in [4.69, 9.17) is 25.8 Å². The third-order valence-electron chi connectivity index (χ3n) is 5.06. The molecule has 2 aromatic rings. The lowest BCUT2D eigenvalue weighted by molar-refractivity contribution is -0.164. The quantitative estimate of drug-likeness (QED) is 0.777. The molecule has 0 unspecified atom stereocenters. The predicted octanol–water partition coefficient (Wildman–Crippen LogP) is 3.73. The number of hydrogen-bond acceptors (Lipinski definition) is 4. The van der Waals surface area contributed by atoms with Crippen LogP contribution < -0.4 is 4.74 Å². The molecule has 2 aliphatic heterocycles. The number of nitrogens with one attached hydrogen (secondary N) is 1. The van der Waals surface area contributed by atoms with E-state index in [0.29, 0.717) is 18.2 Å². The molecule has 3 aliphatic rings. The van der Waals surface area contributed by atoms with Gasteiger partial charge in [-0.1, -0.05) is 11.6 Å². The topological polar surface area (TPSA) is 56.4 Å². The summed E-state index contributed by atoms with van der Waals surface area (Å²) in [7, 11) is 0. The molecule has 3 heterocycles. The second kappa shape index (κ2) is 5.46. The average Bonchev–Trinajstić information content (AvgIpc) is 3.25. The summed E-state index contributed by atoms with van der Waals surface area (Å²) in [6.07, 6.45) is 3.14. The van der Waals surface area contributed by atoms with Crippen LogP contribution in [0.1, 0.15) is 35.0 Å². The van der Waals surface area contributed by atoms with Gasteiger partial charge in [0.05, 0.1) is 29.1 Å². The van der Waals surface area contributed by atoms with Gasteiger partial charge in [-0.25, -0.2) is 0 Å². The summed E-state index contributed by atoms with van der Waals surface area (Å²) in [5.74, 6) is 0.396. The van der Waals surface area contributed by atoms with Gasteiger partial charge >= 0.3 is 0 Å². The van der Waals surface area contributed by atoms with Crippen molar-refractivity contribution in [2.24, 2.45) is 0 Å². The molecule has 1 N–H and O–H groups in total. The van der Waals surface area contributed by atoms with Crippen molar-refractivity contribution < 1.29 is 14.2 Å². The van der Waals surface area contributed by atoms with Gasteiger partial charge in [0.15, 0.2) is 5.79 Å². The smallest absolute Gasteiger partial charge is 0.173 e. The van der Waals surface area contributed by atoms with Crippen LogP contribution in [-0.2, 0) is 28.7 Å². The van der Waals surface area contributed by atoms with Crippen LogP contribution in [0, 0.1) is 0 Å². The van der Waals surface area contributed by atoms with Gasteiger partial charge in [0, 0.05) is 35.4 Å². The van der Waals surface area contributed by atoms with Crippen LogP contribution in [0.2, 0.25) is 5.02 Å². The first kappa shape index (κ1) is 15.2. The normalized spacial score (nSPS) is 24.0. The van der Waals surface area contributed by atoms with E-state index >= 15 is 0 Å². The van der Waals surface area contributed by atoms with Gasteiger partial charge in [0.1, 0.15) is 11.9 Å². The van der Waals surface area contributed by atoms with E-state index in [1.165, 1.54) is 5.56 Å². The van der Waals surface area contributed by atoms with Crippen LogP contribution in [0.25, 0.3) is 0 Å². The van der Waals surface area contributed by atoms with Crippen molar-refractivity contribution in [2.75, 3.05) is 13.2 Å². The maximum atomic E-state index is 6.20. The lowest BCUT2D eigenvalue weighted by Crippen LogP contribution is -2.37.